The number of hydrogen-bond acceptors (Lipinski definition) is 4. The van der Waals surface area contributed by atoms with Crippen molar-refractivity contribution in [2.45, 2.75) is 39.2 Å². The van der Waals surface area contributed by atoms with E-state index in [1.165, 1.54) is 20.3 Å². The molecule has 7 heteroatoms. The molecule has 2 aromatic carbocycles. The Balaban J connectivity index is 2.12. The van der Waals surface area contributed by atoms with Gasteiger partial charge in [-0.1, -0.05) is 45.9 Å². The second-order valence-corrected chi connectivity index (χ2v) is 8.38. The van der Waals surface area contributed by atoms with Gasteiger partial charge in [0.05, 0.1) is 14.2 Å². The van der Waals surface area contributed by atoms with E-state index in [-0.39, 0.29) is 24.2 Å². The first-order valence-electron chi connectivity index (χ1n) is 10.2. The molecule has 2 amide bonds. The van der Waals surface area contributed by atoms with E-state index in [4.69, 9.17) is 9.47 Å². The Labute approximate surface area is 183 Å². The number of methoxy groups -OCH3 is 2. The van der Waals surface area contributed by atoms with Crippen LogP contribution in [0.2, 0.25) is 0 Å². The van der Waals surface area contributed by atoms with E-state index < -0.39 is 17.4 Å². The van der Waals surface area contributed by atoms with Gasteiger partial charge in [-0.2, -0.15) is 0 Å². The Morgan fingerprint density at radius 1 is 1.03 bits per heavy atom. The number of halogens is 1. The van der Waals surface area contributed by atoms with E-state index in [9.17, 15) is 14.0 Å². The first-order chi connectivity index (χ1) is 14.6. The van der Waals surface area contributed by atoms with Gasteiger partial charge in [-0.15, -0.1) is 0 Å². The molecule has 0 aliphatic carbocycles. The fourth-order valence-electron chi connectivity index (χ4n) is 3.22. The van der Waals surface area contributed by atoms with E-state index in [1.54, 1.807) is 36.4 Å². The smallest absolute Gasteiger partial charge is 0.252 e. The van der Waals surface area contributed by atoms with Gasteiger partial charge in [-0.25, -0.2) is 4.39 Å². The quantitative estimate of drug-likeness (QED) is 0.636. The SMILES string of the molecule is COc1cc(OC)cc(C(=O)NC(C(=O)NCC(C)(C)c2ccccc2F)C(C)C)c1. The van der Waals surface area contributed by atoms with Crippen LogP contribution in [0.5, 0.6) is 11.5 Å². The van der Waals surface area contributed by atoms with Gasteiger partial charge < -0.3 is 20.1 Å². The number of ether oxygens (including phenoxy) is 2. The predicted molar refractivity (Wildman–Crippen MR) is 118 cm³/mol. The summed E-state index contributed by atoms with van der Waals surface area (Å²) in [5, 5.41) is 5.65. The minimum atomic E-state index is -0.763. The first-order valence-corrected chi connectivity index (χ1v) is 10.2. The lowest BCUT2D eigenvalue weighted by Gasteiger charge is -2.28. The zero-order valence-electron chi connectivity index (χ0n) is 18.9. The first kappa shape index (κ1) is 24.2. The van der Waals surface area contributed by atoms with Gasteiger partial charge in [-0.3, -0.25) is 9.59 Å². The van der Waals surface area contributed by atoms with E-state index in [0.29, 0.717) is 22.6 Å². The number of hydrogen-bond donors (Lipinski definition) is 2. The molecule has 2 rings (SSSR count). The molecular weight excluding hydrogens is 399 g/mol. The summed E-state index contributed by atoms with van der Waals surface area (Å²) in [5.41, 5.74) is 0.220. The van der Waals surface area contributed by atoms with Crippen LogP contribution in [0.4, 0.5) is 4.39 Å². The third-order valence-corrected chi connectivity index (χ3v) is 5.16. The van der Waals surface area contributed by atoms with E-state index in [0.717, 1.165) is 0 Å². The van der Waals surface area contributed by atoms with Crippen LogP contribution in [0.1, 0.15) is 43.6 Å². The highest BCUT2D eigenvalue weighted by Gasteiger charge is 2.29. The van der Waals surface area contributed by atoms with Crippen molar-refractivity contribution >= 4 is 11.8 Å². The average Bonchev–Trinajstić information content (AvgIpc) is 2.75. The van der Waals surface area contributed by atoms with Crippen molar-refractivity contribution in [1.82, 2.24) is 10.6 Å². The third kappa shape index (κ3) is 6.20. The summed E-state index contributed by atoms with van der Waals surface area (Å²) in [6.45, 7) is 7.63. The molecule has 2 aromatic rings. The molecule has 6 nitrogen and oxygen atoms in total. The van der Waals surface area contributed by atoms with Crippen LogP contribution >= 0.6 is 0 Å². The van der Waals surface area contributed by atoms with Gasteiger partial charge in [0.25, 0.3) is 5.91 Å². The second-order valence-electron chi connectivity index (χ2n) is 8.38. The molecule has 0 bridgehead atoms. The Kier molecular flexibility index (Phi) is 8.02. The van der Waals surface area contributed by atoms with Gasteiger partial charge in [-0.05, 0) is 29.7 Å². The van der Waals surface area contributed by atoms with Crippen LogP contribution in [-0.4, -0.2) is 38.6 Å². The summed E-state index contributed by atoms with van der Waals surface area (Å²) in [5.74, 6) is -0.277. The Bertz CT molecular complexity index is 905. The minimum Gasteiger partial charge on any atom is -0.497 e. The van der Waals surface area contributed by atoms with Gasteiger partial charge in [0.15, 0.2) is 0 Å². The molecule has 0 heterocycles. The van der Waals surface area contributed by atoms with Crippen LogP contribution in [0, 0.1) is 11.7 Å². The van der Waals surface area contributed by atoms with Crippen LogP contribution in [0.15, 0.2) is 42.5 Å². The summed E-state index contributed by atoms with van der Waals surface area (Å²) in [6.07, 6.45) is 0. The van der Waals surface area contributed by atoms with Crippen LogP contribution in [0.3, 0.4) is 0 Å². The number of nitrogens with one attached hydrogen (secondary N) is 2. The van der Waals surface area contributed by atoms with Crippen LogP contribution in [0.25, 0.3) is 0 Å². The highest BCUT2D eigenvalue weighted by molar-refractivity contribution is 5.98. The molecule has 0 aliphatic heterocycles. The molecule has 0 fully saturated rings. The molecule has 0 spiro atoms. The lowest BCUT2D eigenvalue weighted by molar-refractivity contribution is -0.124. The normalized spacial score (nSPS) is 12.3. The molecular formula is C24H31FN2O4. The third-order valence-electron chi connectivity index (χ3n) is 5.16. The molecule has 0 radical (unpaired) electrons. The second kappa shape index (κ2) is 10.3. The molecule has 2 N–H and O–H groups in total. The maximum Gasteiger partial charge on any atom is 0.252 e. The maximum absolute atomic E-state index is 14.2. The van der Waals surface area contributed by atoms with Crippen molar-refractivity contribution in [2.24, 2.45) is 5.92 Å². The van der Waals surface area contributed by atoms with E-state index in [2.05, 4.69) is 10.6 Å². The van der Waals surface area contributed by atoms with Crippen molar-refractivity contribution in [3.63, 3.8) is 0 Å². The minimum absolute atomic E-state index is 0.159. The molecule has 0 aliphatic rings. The monoisotopic (exact) mass is 430 g/mol. The lowest BCUT2D eigenvalue weighted by Crippen LogP contribution is -2.51. The summed E-state index contributed by atoms with van der Waals surface area (Å²) >= 11 is 0. The standard InChI is InChI=1S/C24H31FN2O4/c1-15(2)21(27-22(28)16-11-17(30-5)13-18(12-16)31-6)23(29)26-14-24(3,4)19-9-7-8-10-20(19)25/h7-13,15,21H,14H2,1-6H3,(H,26,29)(H,27,28). The number of amides is 2. The molecule has 1 unspecified atom stereocenters. The van der Waals surface area contributed by atoms with Crippen molar-refractivity contribution in [1.29, 1.82) is 0 Å². The lowest BCUT2D eigenvalue weighted by atomic mass is 9.84. The molecule has 0 aromatic heterocycles. The van der Waals surface area contributed by atoms with E-state index in [1.807, 2.05) is 27.7 Å². The number of carbonyl (C=O) groups excluding carboxylic acids is 2. The molecule has 168 valence electrons. The fourth-order valence-corrected chi connectivity index (χ4v) is 3.22. The maximum atomic E-state index is 14.2. The predicted octanol–water partition coefficient (Wildman–Crippen LogP) is 3.69. The highest BCUT2D eigenvalue weighted by atomic mass is 19.1. The van der Waals surface area contributed by atoms with Gasteiger partial charge in [0.1, 0.15) is 23.4 Å². The fraction of sp³-hybridized carbons (Fsp3) is 0.417. The van der Waals surface area contributed by atoms with Crippen molar-refractivity contribution < 1.29 is 23.5 Å². The summed E-state index contributed by atoms with van der Waals surface area (Å²) in [4.78, 5) is 25.7. The largest absolute Gasteiger partial charge is 0.497 e. The summed E-state index contributed by atoms with van der Waals surface area (Å²) in [6, 6.07) is 10.6. The molecule has 31 heavy (non-hydrogen) atoms. The molecule has 0 saturated carbocycles. The Morgan fingerprint density at radius 2 is 1.61 bits per heavy atom. The van der Waals surface area contributed by atoms with Crippen molar-refractivity contribution in [3.05, 3.63) is 59.4 Å². The topological polar surface area (TPSA) is 76.7 Å². The van der Waals surface area contributed by atoms with Crippen molar-refractivity contribution in [3.8, 4) is 11.5 Å². The van der Waals surface area contributed by atoms with Crippen molar-refractivity contribution in [2.75, 3.05) is 20.8 Å². The number of rotatable bonds is 9. The number of carbonyl (C=O) groups is 2. The average molecular weight is 431 g/mol. The number of benzene rings is 2. The van der Waals surface area contributed by atoms with Gasteiger partial charge in [0, 0.05) is 23.6 Å². The summed E-state index contributed by atoms with van der Waals surface area (Å²) in [7, 11) is 3.00. The molecule has 1 atom stereocenters. The summed E-state index contributed by atoms with van der Waals surface area (Å²) < 4.78 is 24.6. The Morgan fingerprint density at radius 3 is 2.13 bits per heavy atom. The van der Waals surface area contributed by atoms with Gasteiger partial charge in [0.2, 0.25) is 5.91 Å². The van der Waals surface area contributed by atoms with Crippen LogP contribution < -0.4 is 20.1 Å². The van der Waals surface area contributed by atoms with Crippen LogP contribution in [-0.2, 0) is 10.2 Å². The zero-order chi connectivity index (χ0) is 23.2. The molecule has 0 saturated heterocycles. The zero-order valence-corrected chi connectivity index (χ0v) is 18.9. The van der Waals surface area contributed by atoms with E-state index >= 15 is 0 Å². The Hall–Kier alpha value is -3.09. The van der Waals surface area contributed by atoms with Gasteiger partial charge >= 0.3 is 0 Å². The highest BCUT2D eigenvalue weighted by Crippen LogP contribution is 2.25.